The Morgan fingerprint density at radius 3 is 2.88 bits per heavy atom. The molecule has 0 saturated heterocycles. The lowest BCUT2D eigenvalue weighted by Gasteiger charge is -2.15. The zero-order valence-electron chi connectivity index (χ0n) is 10.0. The molecule has 0 aliphatic carbocycles. The maximum atomic E-state index is 12.9. The molecular formula is C13H20FNS. The Labute approximate surface area is 102 Å². The summed E-state index contributed by atoms with van der Waals surface area (Å²) in [7, 11) is 1.99. The summed E-state index contributed by atoms with van der Waals surface area (Å²) in [5, 5.41) is 3.31. The number of hydrogen-bond donors (Lipinski definition) is 1. The highest BCUT2D eigenvalue weighted by Gasteiger charge is 2.06. The predicted octanol–water partition coefficient (Wildman–Crippen LogP) is 3.70. The van der Waals surface area contributed by atoms with Crippen molar-refractivity contribution >= 4 is 11.8 Å². The molecule has 1 rings (SSSR count). The minimum Gasteiger partial charge on any atom is -0.316 e. The van der Waals surface area contributed by atoms with E-state index in [4.69, 9.17) is 0 Å². The van der Waals surface area contributed by atoms with Crippen molar-refractivity contribution in [2.75, 3.05) is 12.8 Å². The molecule has 0 radical (unpaired) electrons. The lowest BCUT2D eigenvalue weighted by molar-refractivity contribution is 0.544. The highest BCUT2D eigenvalue weighted by atomic mass is 32.2. The fourth-order valence-electron chi connectivity index (χ4n) is 1.52. The first-order chi connectivity index (χ1) is 7.76. The van der Waals surface area contributed by atoms with Crippen molar-refractivity contribution in [1.29, 1.82) is 0 Å². The standard InChI is InChI=1S/C13H20FNS/c1-3-4-7-12(15-2)10-16-13-8-5-6-11(14)9-13/h5-6,8-9,12,15H,3-4,7,10H2,1-2H3. The van der Waals surface area contributed by atoms with Gasteiger partial charge in [-0.15, -0.1) is 11.8 Å². The Hall–Kier alpha value is -0.540. The van der Waals surface area contributed by atoms with E-state index in [-0.39, 0.29) is 5.82 Å². The molecule has 1 unspecified atom stereocenters. The summed E-state index contributed by atoms with van der Waals surface area (Å²) in [4.78, 5) is 1.01. The van der Waals surface area contributed by atoms with E-state index in [2.05, 4.69) is 12.2 Å². The molecule has 0 spiro atoms. The van der Waals surface area contributed by atoms with Gasteiger partial charge in [-0.3, -0.25) is 0 Å². The molecule has 0 amide bonds. The van der Waals surface area contributed by atoms with Crippen LogP contribution in [0.4, 0.5) is 4.39 Å². The lowest BCUT2D eigenvalue weighted by atomic mass is 10.1. The molecule has 0 aromatic heterocycles. The molecule has 16 heavy (non-hydrogen) atoms. The summed E-state index contributed by atoms with van der Waals surface area (Å²) in [6.07, 6.45) is 3.66. The van der Waals surface area contributed by atoms with Crippen LogP contribution in [0.2, 0.25) is 0 Å². The number of nitrogens with one attached hydrogen (secondary N) is 1. The molecule has 0 saturated carbocycles. The predicted molar refractivity (Wildman–Crippen MR) is 69.5 cm³/mol. The summed E-state index contributed by atoms with van der Waals surface area (Å²) < 4.78 is 12.9. The molecule has 0 fully saturated rings. The van der Waals surface area contributed by atoms with E-state index in [1.165, 1.54) is 25.3 Å². The molecule has 1 atom stereocenters. The largest absolute Gasteiger partial charge is 0.316 e. The van der Waals surface area contributed by atoms with Crippen LogP contribution in [0.5, 0.6) is 0 Å². The Kier molecular flexibility index (Phi) is 6.50. The molecule has 90 valence electrons. The zero-order valence-corrected chi connectivity index (χ0v) is 10.8. The number of halogens is 1. The van der Waals surface area contributed by atoms with Crippen LogP contribution in [0.25, 0.3) is 0 Å². The van der Waals surface area contributed by atoms with Gasteiger partial charge in [0.25, 0.3) is 0 Å². The number of rotatable bonds is 7. The van der Waals surface area contributed by atoms with Gasteiger partial charge in [0, 0.05) is 16.7 Å². The Morgan fingerprint density at radius 1 is 1.44 bits per heavy atom. The van der Waals surface area contributed by atoms with Crippen molar-refractivity contribution < 1.29 is 4.39 Å². The summed E-state index contributed by atoms with van der Waals surface area (Å²) in [5.74, 6) is 0.847. The fourth-order valence-corrected chi connectivity index (χ4v) is 2.61. The summed E-state index contributed by atoms with van der Waals surface area (Å²) in [5.41, 5.74) is 0. The van der Waals surface area contributed by atoms with E-state index < -0.39 is 0 Å². The van der Waals surface area contributed by atoms with Crippen LogP contribution in [-0.4, -0.2) is 18.8 Å². The first-order valence-electron chi connectivity index (χ1n) is 5.82. The molecule has 0 aliphatic heterocycles. The summed E-state index contributed by atoms with van der Waals surface area (Å²) in [6, 6.07) is 7.32. The first-order valence-corrected chi connectivity index (χ1v) is 6.80. The monoisotopic (exact) mass is 241 g/mol. The van der Waals surface area contributed by atoms with E-state index in [0.29, 0.717) is 6.04 Å². The third-order valence-corrected chi connectivity index (χ3v) is 3.72. The minimum atomic E-state index is -0.153. The molecule has 1 N–H and O–H groups in total. The summed E-state index contributed by atoms with van der Waals surface area (Å²) in [6.45, 7) is 2.20. The quantitative estimate of drug-likeness (QED) is 0.731. The number of thioether (sulfide) groups is 1. The molecule has 3 heteroatoms. The highest BCUT2D eigenvalue weighted by Crippen LogP contribution is 2.20. The third-order valence-electron chi connectivity index (χ3n) is 2.56. The van der Waals surface area contributed by atoms with Gasteiger partial charge in [-0.2, -0.15) is 0 Å². The smallest absolute Gasteiger partial charge is 0.124 e. The SMILES string of the molecule is CCCCC(CSc1cccc(F)c1)NC. The van der Waals surface area contributed by atoms with Crippen molar-refractivity contribution in [3.05, 3.63) is 30.1 Å². The maximum absolute atomic E-state index is 12.9. The van der Waals surface area contributed by atoms with Gasteiger partial charge in [0.15, 0.2) is 0 Å². The van der Waals surface area contributed by atoms with E-state index >= 15 is 0 Å². The average molecular weight is 241 g/mol. The van der Waals surface area contributed by atoms with Gasteiger partial charge < -0.3 is 5.32 Å². The Bertz CT molecular complexity index is 304. The van der Waals surface area contributed by atoms with Gasteiger partial charge in [-0.05, 0) is 31.7 Å². The van der Waals surface area contributed by atoms with Crippen LogP contribution < -0.4 is 5.32 Å². The second-order valence-corrected chi connectivity index (χ2v) is 4.99. The normalized spacial score (nSPS) is 12.7. The second kappa shape index (κ2) is 7.69. The second-order valence-electron chi connectivity index (χ2n) is 3.90. The van der Waals surface area contributed by atoms with Gasteiger partial charge in [0.2, 0.25) is 0 Å². The van der Waals surface area contributed by atoms with Gasteiger partial charge in [-0.1, -0.05) is 25.8 Å². The van der Waals surface area contributed by atoms with Crippen LogP contribution in [0.3, 0.4) is 0 Å². The van der Waals surface area contributed by atoms with Gasteiger partial charge in [0.1, 0.15) is 5.82 Å². The average Bonchev–Trinajstić information content (AvgIpc) is 2.29. The van der Waals surface area contributed by atoms with E-state index in [1.807, 2.05) is 13.1 Å². The zero-order chi connectivity index (χ0) is 11.8. The fraction of sp³-hybridized carbons (Fsp3) is 0.538. The Morgan fingerprint density at radius 2 is 2.25 bits per heavy atom. The molecule has 0 aliphatic rings. The minimum absolute atomic E-state index is 0.153. The first kappa shape index (κ1) is 13.5. The molecule has 1 aromatic rings. The van der Waals surface area contributed by atoms with E-state index in [0.717, 1.165) is 10.6 Å². The van der Waals surface area contributed by atoms with Crippen molar-refractivity contribution in [3.8, 4) is 0 Å². The van der Waals surface area contributed by atoms with Crippen LogP contribution in [0, 0.1) is 5.82 Å². The van der Waals surface area contributed by atoms with Crippen LogP contribution in [-0.2, 0) is 0 Å². The van der Waals surface area contributed by atoms with E-state index in [1.54, 1.807) is 23.9 Å². The molecule has 0 heterocycles. The van der Waals surface area contributed by atoms with Gasteiger partial charge in [-0.25, -0.2) is 4.39 Å². The lowest BCUT2D eigenvalue weighted by Crippen LogP contribution is -2.27. The van der Waals surface area contributed by atoms with Crippen LogP contribution in [0.15, 0.2) is 29.2 Å². The van der Waals surface area contributed by atoms with Gasteiger partial charge >= 0.3 is 0 Å². The van der Waals surface area contributed by atoms with Crippen molar-refractivity contribution in [1.82, 2.24) is 5.32 Å². The molecular weight excluding hydrogens is 221 g/mol. The number of unbranched alkanes of at least 4 members (excludes halogenated alkanes) is 1. The summed E-state index contributed by atoms with van der Waals surface area (Å²) >= 11 is 1.72. The molecule has 1 nitrogen and oxygen atoms in total. The third kappa shape index (κ3) is 4.99. The van der Waals surface area contributed by atoms with Gasteiger partial charge in [0.05, 0.1) is 0 Å². The maximum Gasteiger partial charge on any atom is 0.124 e. The Balaban J connectivity index is 2.37. The topological polar surface area (TPSA) is 12.0 Å². The van der Waals surface area contributed by atoms with Crippen molar-refractivity contribution in [3.63, 3.8) is 0 Å². The highest BCUT2D eigenvalue weighted by molar-refractivity contribution is 7.99. The van der Waals surface area contributed by atoms with Crippen LogP contribution >= 0.6 is 11.8 Å². The number of hydrogen-bond acceptors (Lipinski definition) is 2. The number of benzene rings is 1. The van der Waals surface area contributed by atoms with E-state index in [9.17, 15) is 4.39 Å². The van der Waals surface area contributed by atoms with Crippen molar-refractivity contribution in [2.45, 2.75) is 37.1 Å². The molecule has 0 bridgehead atoms. The van der Waals surface area contributed by atoms with Crippen LogP contribution in [0.1, 0.15) is 26.2 Å². The van der Waals surface area contributed by atoms with Crippen molar-refractivity contribution in [2.24, 2.45) is 0 Å². The molecule has 1 aromatic carbocycles.